The number of carbonyl (C=O) groups excluding carboxylic acids is 1. The second kappa shape index (κ2) is 7.44. The van der Waals surface area contributed by atoms with Gasteiger partial charge in [-0.05, 0) is 25.0 Å². The van der Waals surface area contributed by atoms with Crippen LogP contribution in [0.5, 0.6) is 0 Å². The number of nitrogens with two attached hydrogens (primary N) is 2. The SMILES string of the molecule is NC(=O)/C(=C/NC1CCCOC1)C(N)=Nc1ccccc1. The van der Waals surface area contributed by atoms with Gasteiger partial charge in [-0.3, -0.25) is 4.79 Å². The monoisotopic (exact) mass is 288 g/mol. The van der Waals surface area contributed by atoms with Gasteiger partial charge in [-0.1, -0.05) is 18.2 Å². The van der Waals surface area contributed by atoms with Crippen molar-refractivity contribution in [2.75, 3.05) is 13.2 Å². The molecule has 1 aliphatic heterocycles. The number of hydrogen-bond donors (Lipinski definition) is 3. The van der Waals surface area contributed by atoms with E-state index in [1.165, 1.54) is 6.20 Å². The number of nitrogens with zero attached hydrogens (tertiary/aromatic N) is 1. The average molecular weight is 288 g/mol. The van der Waals surface area contributed by atoms with E-state index >= 15 is 0 Å². The molecule has 5 N–H and O–H groups in total. The number of para-hydroxylation sites is 1. The Balaban J connectivity index is 2.10. The van der Waals surface area contributed by atoms with Crippen molar-refractivity contribution >= 4 is 17.4 Å². The summed E-state index contributed by atoms with van der Waals surface area (Å²) < 4.78 is 5.36. The zero-order valence-electron chi connectivity index (χ0n) is 11.8. The second-order valence-corrected chi connectivity index (χ2v) is 4.84. The first kappa shape index (κ1) is 15.1. The average Bonchev–Trinajstić information content (AvgIpc) is 2.49. The van der Waals surface area contributed by atoms with Gasteiger partial charge >= 0.3 is 0 Å². The molecule has 1 aromatic rings. The van der Waals surface area contributed by atoms with E-state index in [-0.39, 0.29) is 17.5 Å². The molecular weight excluding hydrogens is 268 g/mol. The van der Waals surface area contributed by atoms with Crippen LogP contribution in [0.2, 0.25) is 0 Å². The Labute approximate surface area is 123 Å². The van der Waals surface area contributed by atoms with E-state index in [0.29, 0.717) is 12.3 Å². The lowest BCUT2D eigenvalue weighted by molar-refractivity contribution is -0.114. The van der Waals surface area contributed by atoms with E-state index in [2.05, 4.69) is 10.3 Å². The Hall–Kier alpha value is -2.34. The number of hydrogen-bond acceptors (Lipinski definition) is 4. The summed E-state index contributed by atoms with van der Waals surface area (Å²) in [6.07, 6.45) is 3.51. The fourth-order valence-electron chi connectivity index (χ4n) is 2.05. The van der Waals surface area contributed by atoms with Crippen molar-refractivity contribution in [2.24, 2.45) is 16.5 Å². The number of nitrogens with one attached hydrogen (secondary N) is 1. The smallest absolute Gasteiger partial charge is 0.253 e. The summed E-state index contributed by atoms with van der Waals surface area (Å²) in [7, 11) is 0. The van der Waals surface area contributed by atoms with Gasteiger partial charge in [0.25, 0.3) is 5.91 Å². The molecule has 1 unspecified atom stereocenters. The Morgan fingerprint density at radius 3 is 2.71 bits per heavy atom. The lowest BCUT2D eigenvalue weighted by Crippen LogP contribution is -2.36. The highest BCUT2D eigenvalue weighted by Gasteiger charge is 2.14. The molecule has 6 nitrogen and oxygen atoms in total. The van der Waals surface area contributed by atoms with E-state index in [1.807, 2.05) is 18.2 Å². The number of primary amides is 1. The van der Waals surface area contributed by atoms with Crippen LogP contribution in [0, 0.1) is 0 Å². The fourth-order valence-corrected chi connectivity index (χ4v) is 2.05. The lowest BCUT2D eigenvalue weighted by atomic mass is 10.1. The second-order valence-electron chi connectivity index (χ2n) is 4.84. The number of rotatable bonds is 5. The van der Waals surface area contributed by atoms with Crippen LogP contribution in [-0.4, -0.2) is 31.0 Å². The van der Waals surface area contributed by atoms with Crippen molar-refractivity contribution in [1.29, 1.82) is 0 Å². The van der Waals surface area contributed by atoms with Gasteiger partial charge in [0, 0.05) is 18.8 Å². The summed E-state index contributed by atoms with van der Waals surface area (Å²) in [5.41, 5.74) is 12.1. The van der Waals surface area contributed by atoms with Crippen LogP contribution in [-0.2, 0) is 9.53 Å². The first-order valence-corrected chi connectivity index (χ1v) is 6.90. The highest BCUT2D eigenvalue weighted by Crippen LogP contribution is 2.11. The van der Waals surface area contributed by atoms with Gasteiger partial charge in [0.05, 0.1) is 17.9 Å². The van der Waals surface area contributed by atoms with Gasteiger partial charge < -0.3 is 21.5 Å². The summed E-state index contributed by atoms with van der Waals surface area (Å²) in [4.78, 5) is 15.7. The molecule has 0 radical (unpaired) electrons. The van der Waals surface area contributed by atoms with E-state index in [9.17, 15) is 4.79 Å². The third-order valence-electron chi connectivity index (χ3n) is 3.17. The van der Waals surface area contributed by atoms with E-state index < -0.39 is 5.91 Å². The van der Waals surface area contributed by atoms with Crippen LogP contribution in [0.4, 0.5) is 5.69 Å². The lowest BCUT2D eigenvalue weighted by Gasteiger charge is -2.22. The van der Waals surface area contributed by atoms with Crippen molar-refractivity contribution in [3.63, 3.8) is 0 Å². The van der Waals surface area contributed by atoms with Crippen molar-refractivity contribution in [1.82, 2.24) is 5.32 Å². The van der Waals surface area contributed by atoms with E-state index in [4.69, 9.17) is 16.2 Å². The molecule has 1 saturated heterocycles. The number of ether oxygens (including phenoxy) is 1. The van der Waals surface area contributed by atoms with Gasteiger partial charge in [-0.25, -0.2) is 4.99 Å². The fraction of sp³-hybridized carbons (Fsp3) is 0.333. The molecule has 1 aliphatic rings. The van der Waals surface area contributed by atoms with Crippen LogP contribution < -0.4 is 16.8 Å². The van der Waals surface area contributed by atoms with Crippen LogP contribution in [0.15, 0.2) is 47.1 Å². The molecule has 0 spiro atoms. The highest BCUT2D eigenvalue weighted by molar-refractivity contribution is 6.20. The Bertz CT molecular complexity index is 534. The van der Waals surface area contributed by atoms with Crippen molar-refractivity contribution in [2.45, 2.75) is 18.9 Å². The minimum absolute atomic E-state index is 0.0953. The van der Waals surface area contributed by atoms with Gasteiger partial charge in [0.15, 0.2) is 0 Å². The predicted octanol–water partition coefficient (Wildman–Crippen LogP) is 0.813. The molecule has 112 valence electrons. The van der Waals surface area contributed by atoms with Crippen LogP contribution in [0.3, 0.4) is 0 Å². The molecule has 0 bridgehead atoms. The topological polar surface area (TPSA) is 103 Å². The number of aliphatic imine (C=N–C) groups is 1. The summed E-state index contributed by atoms with van der Waals surface area (Å²) >= 11 is 0. The number of carbonyl (C=O) groups is 1. The third-order valence-corrected chi connectivity index (χ3v) is 3.17. The van der Waals surface area contributed by atoms with Crippen molar-refractivity contribution in [3.05, 3.63) is 42.1 Å². The Morgan fingerprint density at radius 2 is 2.10 bits per heavy atom. The first-order chi connectivity index (χ1) is 10.2. The minimum Gasteiger partial charge on any atom is -0.385 e. The van der Waals surface area contributed by atoms with Gasteiger partial charge in [-0.2, -0.15) is 0 Å². The molecule has 1 aromatic carbocycles. The molecule has 1 amide bonds. The molecule has 0 aromatic heterocycles. The maximum Gasteiger partial charge on any atom is 0.253 e. The molecular formula is C15H20N4O2. The van der Waals surface area contributed by atoms with Gasteiger partial charge in [0.1, 0.15) is 5.84 Å². The van der Waals surface area contributed by atoms with Gasteiger partial charge in [-0.15, -0.1) is 0 Å². The zero-order chi connectivity index (χ0) is 15.1. The summed E-state index contributed by atoms with van der Waals surface area (Å²) in [6.45, 7) is 1.39. The first-order valence-electron chi connectivity index (χ1n) is 6.90. The maximum absolute atomic E-state index is 11.5. The van der Waals surface area contributed by atoms with E-state index in [1.54, 1.807) is 12.1 Å². The summed E-state index contributed by atoms with van der Waals surface area (Å²) in [5, 5.41) is 3.12. The number of amidine groups is 1. The predicted molar refractivity (Wildman–Crippen MR) is 82.0 cm³/mol. The molecule has 0 aliphatic carbocycles. The van der Waals surface area contributed by atoms with Gasteiger partial charge in [0.2, 0.25) is 0 Å². The zero-order valence-corrected chi connectivity index (χ0v) is 11.8. The highest BCUT2D eigenvalue weighted by atomic mass is 16.5. The quantitative estimate of drug-likeness (QED) is 0.424. The van der Waals surface area contributed by atoms with Crippen molar-refractivity contribution < 1.29 is 9.53 Å². The molecule has 2 rings (SSSR count). The van der Waals surface area contributed by atoms with Crippen LogP contribution >= 0.6 is 0 Å². The molecule has 6 heteroatoms. The largest absolute Gasteiger partial charge is 0.385 e. The Morgan fingerprint density at radius 1 is 1.33 bits per heavy atom. The Kier molecular flexibility index (Phi) is 5.34. The normalized spacial score (nSPS) is 20.1. The molecule has 1 atom stereocenters. The van der Waals surface area contributed by atoms with E-state index in [0.717, 1.165) is 19.4 Å². The van der Waals surface area contributed by atoms with Crippen molar-refractivity contribution in [3.8, 4) is 0 Å². The summed E-state index contributed by atoms with van der Waals surface area (Å²) in [5.74, 6) is -0.519. The maximum atomic E-state index is 11.5. The standard InChI is InChI=1S/C15H20N4O2/c16-14(19-11-5-2-1-3-6-11)13(15(17)20)9-18-12-7-4-8-21-10-12/h1-3,5-6,9,12,18H,4,7-8,10H2,(H2,16,19)(H2,17,20)/b13-9+. The van der Waals surface area contributed by atoms with Crippen LogP contribution in [0.1, 0.15) is 12.8 Å². The molecule has 0 saturated carbocycles. The molecule has 1 heterocycles. The molecule has 1 fully saturated rings. The minimum atomic E-state index is -0.614. The third kappa shape index (κ3) is 4.61. The molecule has 21 heavy (non-hydrogen) atoms. The summed E-state index contributed by atoms with van der Waals surface area (Å²) in [6, 6.07) is 9.33. The van der Waals surface area contributed by atoms with Crippen LogP contribution in [0.25, 0.3) is 0 Å². The number of amides is 1. The number of benzene rings is 1.